The van der Waals surface area contributed by atoms with Crippen molar-refractivity contribution in [2.75, 3.05) is 31.2 Å². The average Bonchev–Trinajstić information content (AvgIpc) is 2.45. The number of carbonyl (C=O) groups is 1. The summed E-state index contributed by atoms with van der Waals surface area (Å²) in [6.45, 7) is 13.6. The zero-order valence-electron chi connectivity index (χ0n) is 15.0. The average molecular weight is 319 g/mol. The summed E-state index contributed by atoms with van der Waals surface area (Å²) < 4.78 is 5.39. The number of rotatable bonds is 4. The van der Waals surface area contributed by atoms with Crippen LogP contribution in [-0.4, -0.2) is 42.7 Å². The number of nitrogens with one attached hydrogen (secondary N) is 1. The third-order valence-electron chi connectivity index (χ3n) is 3.77. The van der Waals surface area contributed by atoms with Gasteiger partial charge in [-0.3, -0.25) is 4.79 Å². The molecule has 0 spiro atoms. The van der Waals surface area contributed by atoms with Gasteiger partial charge < -0.3 is 15.0 Å². The van der Waals surface area contributed by atoms with Crippen LogP contribution in [0.1, 0.15) is 51.4 Å². The Bertz CT molecular complexity index is 543. The van der Waals surface area contributed by atoms with Crippen molar-refractivity contribution in [2.45, 2.75) is 46.6 Å². The lowest BCUT2D eigenvalue weighted by Gasteiger charge is -2.34. The first-order chi connectivity index (χ1) is 10.7. The van der Waals surface area contributed by atoms with Gasteiger partial charge in [0.15, 0.2) is 0 Å². The summed E-state index contributed by atoms with van der Waals surface area (Å²) in [5, 5.41) is 3.17. The fourth-order valence-electron chi connectivity index (χ4n) is 3.35. The molecule has 0 aromatic carbocycles. The van der Waals surface area contributed by atoms with Gasteiger partial charge in [0.05, 0.1) is 18.8 Å². The summed E-state index contributed by atoms with van der Waals surface area (Å²) in [6, 6.07) is 3.66. The van der Waals surface area contributed by atoms with Crippen molar-refractivity contribution < 1.29 is 9.53 Å². The highest BCUT2D eigenvalue weighted by molar-refractivity contribution is 5.99. The normalized spacial score (nSPS) is 16.3. The number of morpholine rings is 1. The Morgan fingerprint density at radius 2 is 1.91 bits per heavy atom. The van der Waals surface area contributed by atoms with Crippen molar-refractivity contribution >= 4 is 11.7 Å². The van der Waals surface area contributed by atoms with Gasteiger partial charge in [-0.25, -0.2) is 4.98 Å². The highest BCUT2D eigenvalue weighted by Crippen LogP contribution is 2.27. The van der Waals surface area contributed by atoms with Crippen molar-refractivity contribution in [3.63, 3.8) is 0 Å². The summed E-state index contributed by atoms with van der Waals surface area (Å²) in [4.78, 5) is 19.4. The highest BCUT2D eigenvalue weighted by Gasteiger charge is 2.29. The second-order valence-electron chi connectivity index (χ2n) is 8.05. The van der Waals surface area contributed by atoms with Gasteiger partial charge in [-0.1, -0.05) is 20.8 Å². The number of pyridine rings is 1. The minimum atomic E-state index is -0.270. The fourth-order valence-corrected chi connectivity index (χ4v) is 3.35. The molecular formula is C18H29N3O2. The van der Waals surface area contributed by atoms with Crippen molar-refractivity contribution in [1.29, 1.82) is 0 Å². The molecule has 5 heteroatoms. The van der Waals surface area contributed by atoms with Gasteiger partial charge in [0, 0.05) is 24.8 Å². The summed E-state index contributed by atoms with van der Waals surface area (Å²) in [7, 11) is 0. The van der Waals surface area contributed by atoms with Crippen LogP contribution in [0.25, 0.3) is 0 Å². The number of anilines is 1. The van der Waals surface area contributed by atoms with Crippen molar-refractivity contribution in [1.82, 2.24) is 10.3 Å². The molecule has 2 rings (SSSR count). The minimum absolute atomic E-state index is 0.0613. The quantitative estimate of drug-likeness (QED) is 0.927. The molecule has 5 nitrogen and oxygen atoms in total. The second-order valence-corrected chi connectivity index (χ2v) is 8.05. The molecule has 0 atom stereocenters. The number of carbonyl (C=O) groups excluding carboxylic acids is 1. The predicted molar refractivity (Wildman–Crippen MR) is 92.9 cm³/mol. The third-order valence-corrected chi connectivity index (χ3v) is 3.77. The molecule has 0 radical (unpaired) electrons. The number of nitrogens with zero attached hydrogens (tertiary/aromatic N) is 2. The molecule has 2 heterocycles. The Morgan fingerprint density at radius 3 is 2.52 bits per heavy atom. The zero-order valence-corrected chi connectivity index (χ0v) is 15.0. The highest BCUT2D eigenvalue weighted by atomic mass is 16.5. The van der Waals surface area contributed by atoms with Crippen LogP contribution in [0.5, 0.6) is 0 Å². The Hall–Kier alpha value is -1.62. The van der Waals surface area contributed by atoms with Gasteiger partial charge in [-0.2, -0.15) is 0 Å². The molecule has 23 heavy (non-hydrogen) atoms. The van der Waals surface area contributed by atoms with Crippen LogP contribution in [0.4, 0.5) is 5.82 Å². The first kappa shape index (κ1) is 17.7. The topological polar surface area (TPSA) is 54.5 Å². The Balaban J connectivity index is 2.16. The van der Waals surface area contributed by atoms with E-state index in [2.05, 4.69) is 49.8 Å². The van der Waals surface area contributed by atoms with E-state index in [1.807, 2.05) is 12.1 Å². The monoisotopic (exact) mass is 319 g/mol. The van der Waals surface area contributed by atoms with E-state index >= 15 is 0 Å². The summed E-state index contributed by atoms with van der Waals surface area (Å²) in [5.41, 5.74) is 0.517. The lowest BCUT2D eigenvalue weighted by molar-refractivity contribution is 0.0890. The number of hydrogen-bond donors (Lipinski definition) is 1. The second kappa shape index (κ2) is 6.87. The molecule has 1 amide bonds. The molecular weight excluding hydrogens is 290 g/mol. The van der Waals surface area contributed by atoms with E-state index in [9.17, 15) is 4.79 Å². The molecule has 1 saturated heterocycles. The molecule has 1 aliphatic heterocycles. The predicted octanol–water partition coefficient (Wildman–Crippen LogP) is 2.86. The van der Waals surface area contributed by atoms with Gasteiger partial charge in [0.2, 0.25) is 0 Å². The van der Waals surface area contributed by atoms with Gasteiger partial charge in [0.25, 0.3) is 5.91 Å². The molecule has 1 N–H and O–H groups in total. The number of aromatic nitrogens is 1. The van der Waals surface area contributed by atoms with E-state index in [4.69, 9.17) is 4.74 Å². The molecule has 0 aliphatic carbocycles. The molecule has 0 saturated carbocycles. The third kappa shape index (κ3) is 5.20. The number of hydrogen-bond acceptors (Lipinski definition) is 4. The van der Waals surface area contributed by atoms with E-state index < -0.39 is 0 Å². The minimum Gasteiger partial charge on any atom is -0.378 e. The van der Waals surface area contributed by atoms with Crippen molar-refractivity contribution in [2.24, 2.45) is 5.41 Å². The maximum absolute atomic E-state index is 12.8. The number of amides is 1. The molecule has 0 unspecified atom stereocenters. The molecule has 0 bridgehead atoms. The van der Waals surface area contributed by atoms with Crippen molar-refractivity contribution in [3.8, 4) is 0 Å². The van der Waals surface area contributed by atoms with Crippen LogP contribution in [0.15, 0.2) is 18.3 Å². The van der Waals surface area contributed by atoms with Gasteiger partial charge in [0.1, 0.15) is 5.82 Å². The van der Waals surface area contributed by atoms with Gasteiger partial charge in [-0.15, -0.1) is 0 Å². The standard InChI is InChI=1S/C18H29N3O2/c1-17(2,3)13-18(4,5)20-16(22)14-7-6-8-19-15(14)21-9-11-23-12-10-21/h6-8H,9-13H2,1-5H3,(H,20,22). The van der Waals surface area contributed by atoms with Gasteiger partial charge in [-0.05, 0) is 37.8 Å². The smallest absolute Gasteiger partial charge is 0.255 e. The fraction of sp³-hybridized carbons (Fsp3) is 0.667. The summed E-state index contributed by atoms with van der Waals surface area (Å²) in [5.74, 6) is 0.689. The molecule has 128 valence electrons. The van der Waals surface area contributed by atoms with Crippen LogP contribution in [0.2, 0.25) is 0 Å². The Morgan fingerprint density at radius 1 is 1.26 bits per heavy atom. The molecule has 1 aliphatic rings. The lowest BCUT2D eigenvalue weighted by atomic mass is 9.81. The molecule has 1 aromatic heterocycles. The first-order valence-corrected chi connectivity index (χ1v) is 8.28. The SMILES string of the molecule is CC(C)(C)CC(C)(C)NC(=O)c1cccnc1N1CCOCC1. The Kier molecular flexibility index (Phi) is 5.30. The zero-order chi connectivity index (χ0) is 17.1. The summed E-state index contributed by atoms with van der Waals surface area (Å²) in [6.07, 6.45) is 2.64. The first-order valence-electron chi connectivity index (χ1n) is 8.28. The summed E-state index contributed by atoms with van der Waals surface area (Å²) >= 11 is 0. The van der Waals surface area contributed by atoms with E-state index in [-0.39, 0.29) is 16.9 Å². The van der Waals surface area contributed by atoms with Gasteiger partial charge >= 0.3 is 0 Å². The lowest BCUT2D eigenvalue weighted by Crippen LogP contribution is -2.46. The van der Waals surface area contributed by atoms with E-state index in [1.165, 1.54) is 0 Å². The number of ether oxygens (including phenoxy) is 1. The van der Waals surface area contributed by atoms with E-state index in [1.54, 1.807) is 6.20 Å². The molecule has 1 aromatic rings. The largest absolute Gasteiger partial charge is 0.378 e. The maximum atomic E-state index is 12.8. The van der Waals surface area contributed by atoms with Crippen molar-refractivity contribution in [3.05, 3.63) is 23.9 Å². The Labute approximate surface area is 139 Å². The van der Waals surface area contributed by atoms with Crippen LogP contribution < -0.4 is 10.2 Å². The van der Waals surface area contributed by atoms with Crippen LogP contribution in [0.3, 0.4) is 0 Å². The van der Waals surface area contributed by atoms with E-state index in [0.29, 0.717) is 18.8 Å². The van der Waals surface area contributed by atoms with Crippen LogP contribution >= 0.6 is 0 Å². The van der Waals surface area contributed by atoms with Crippen LogP contribution in [0, 0.1) is 5.41 Å². The maximum Gasteiger partial charge on any atom is 0.255 e. The van der Waals surface area contributed by atoms with E-state index in [0.717, 1.165) is 25.3 Å². The molecule has 1 fully saturated rings. The van der Waals surface area contributed by atoms with Crippen LogP contribution in [-0.2, 0) is 4.74 Å².